The Morgan fingerprint density at radius 2 is 2.30 bits per heavy atom. The van der Waals surface area contributed by atoms with Crippen molar-refractivity contribution < 1.29 is 9.53 Å². The van der Waals surface area contributed by atoms with Gasteiger partial charge in [-0.2, -0.15) is 0 Å². The zero-order valence-corrected chi connectivity index (χ0v) is 12.6. The van der Waals surface area contributed by atoms with Crippen LogP contribution in [0.1, 0.15) is 30.6 Å². The molecule has 1 aliphatic rings. The number of anilines is 1. The molecule has 0 amide bonds. The number of ether oxygens (including phenoxy) is 1. The Morgan fingerprint density at radius 1 is 1.50 bits per heavy atom. The summed E-state index contributed by atoms with van der Waals surface area (Å²) in [7, 11) is 1.42. The first-order valence-corrected chi connectivity index (χ1v) is 7.27. The van der Waals surface area contributed by atoms with E-state index in [0.717, 1.165) is 25.3 Å². The molecule has 0 radical (unpaired) electrons. The molecular formula is C16H24N2O2. The van der Waals surface area contributed by atoms with Crippen LogP contribution in [0.5, 0.6) is 0 Å². The van der Waals surface area contributed by atoms with Crippen LogP contribution in [-0.2, 0) is 4.74 Å². The molecule has 20 heavy (non-hydrogen) atoms. The highest BCUT2D eigenvalue weighted by Gasteiger charge is 2.20. The fourth-order valence-electron chi connectivity index (χ4n) is 2.73. The first-order chi connectivity index (χ1) is 9.60. The van der Waals surface area contributed by atoms with Gasteiger partial charge in [0.25, 0.3) is 0 Å². The lowest BCUT2D eigenvalue weighted by Gasteiger charge is -2.36. The minimum absolute atomic E-state index is 0.277. The normalized spacial score (nSPS) is 19.2. The molecule has 110 valence electrons. The minimum atomic E-state index is -0.277. The maximum atomic E-state index is 11.6. The number of methoxy groups -OCH3 is 1. The standard InChI is InChI=1S/C16H24N2O2/c1-12(2)9-14-11-18(8-7-17-14)15-6-4-5-13(10-15)16(19)20-3/h4-6,10,12,14,17H,7-9,11H2,1-3H3. The molecule has 1 aliphatic heterocycles. The number of nitrogens with one attached hydrogen (secondary N) is 1. The molecule has 0 aliphatic carbocycles. The quantitative estimate of drug-likeness (QED) is 0.857. The number of nitrogens with zero attached hydrogens (tertiary/aromatic N) is 1. The Bertz CT molecular complexity index is 460. The summed E-state index contributed by atoms with van der Waals surface area (Å²) in [5.41, 5.74) is 1.71. The van der Waals surface area contributed by atoms with Crippen LogP contribution in [0.2, 0.25) is 0 Å². The van der Waals surface area contributed by atoms with Gasteiger partial charge in [0, 0.05) is 31.4 Å². The van der Waals surface area contributed by atoms with Crippen molar-refractivity contribution in [3.05, 3.63) is 29.8 Å². The van der Waals surface area contributed by atoms with Crippen LogP contribution in [0.25, 0.3) is 0 Å². The summed E-state index contributed by atoms with van der Waals surface area (Å²) < 4.78 is 4.78. The Hall–Kier alpha value is -1.55. The van der Waals surface area contributed by atoms with Gasteiger partial charge in [0.05, 0.1) is 12.7 Å². The molecule has 4 nitrogen and oxygen atoms in total. The van der Waals surface area contributed by atoms with E-state index in [9.17, 15) is 4.79 Å². The van der Waals surface area contributed by atoms with Crippen LogP contribution in [0.4, 0.5) is 5.69 Å². The first kappa shape index (κ1) is 14.9. The predicted octanol–water partition coefficient (Wildman–Crippen LogP) is 2.30. The number of esters is 1. The molecule has 1 heterocycles. The maximum absolute atomic E-state index is 11.6. The van der Waals surface area contributed by atoms with Crippen molar-refractivity contribution in [3.8, 4) is 0 Å². The molecule has 1 saturated heterocycles. The van der Waals surface area contributed by atoms with Gasteiger partial charge in [0.1, 0.15) is 0 Å². The van der Waals surface area contributed by atoms with Crippen molar-refractivity contribution in [2.75, 3.05) is 31.6 Å². The van der Waals surface area contributed by atoms with Crippen molar-refractivity contribution >= 4 is 11.7 Å². The molecule has 1 aromatic carbocycles. The molecule has 1 atom stereocenters. The molecule has 0 saturated carbocycles. The highest BCUT2D eigenvalue weighted by molar-refractivity contribution is 5.90. The zero-order valence-electron chi connectivity index (χ0n) is 12.6. The van der Waals surface area contributed by atoms with Crippen molar-refractivity contribution in [3.63, 3.8) is 0 Å². The summed E-state index contributed by atoms with van der Waals surface area (Å²) in [6.07, 6.45) is 1.17. The Balaban J connectivity index is 2.08. The number of carbonyl (C=O) groups is 1. The molecule has 1 N–H and O–H groups in total. The van der Waals surface area contributed by atoms with E-state index in [1.807, 2.05) is 12.1 Å². The number of rotatable bonds is 4. The van der Waals surface area contributed by atoms with Crippen LogP contribution >= 0.6 is 0 Å². The van der Waals surface area contributed by atoms with Crippen LogP contribution in [0.3, 0.4) is 0 Å². The van der Waals surface area contributed by atoms with E-state index in [0.29, 0.717) is 17.5 Å². The fourth-order valence-corrected chi connectivity index (χ4v) is 2.73. The van der Waals surface area contributed by atoms with E-state index < -0.39 is 0 Å². The van der Waals surface area contributed by atoms with E-state index in [4.69, 9.17) is 4.74 Å². The second-order valence-corrected chi connectivity index (χ2v) is 5.77. The first-order valence-electron chi connectivity index (χ1n) is 7.27. The minimum Gasteiger partial charge on any atom is -0.465 e. The largest absolute Gasteiger partial charge is 0.465 e. The van der Waals surface area contributed by atoms with E-state index in [1.54, 1.807) is 6.07 Å². The van der Waals surface area contributed by atoms with E-state index in [1.165, 1.54) is 13.5 Å². The lowest BCUT2D eigenvalue weighted by molar-refractivity contribution is 0.0601. The van der Waals surface area contributed by atoms with Gasteiger partial charge in [0.15, 0.2) is 0 Å². The van der Waals surface area contributed by atoms with Gasteiger partial charge >= 0.3 is 5.97 Å². The maximum Gasteiger partial charge on any atom is 0.337 e. The molecule has 4 heteroatoms. The fraction of sp³-hybridized carbons (Fsp3) is 0.562. The van der Waals surface area contributed by atoms with Gasteiger partial charge in [-0.15, -0.1) is 0 Å². The highest BCUT2D eigenvalue weighted by atomic mass is 16.5. The average Bonchev–Trinajstić information content (AvgIpc) is 2.46. The molecular weight excluding hydrogens is 252 g/mol. The molecule has 0 aromatic heterocycles. The summed E-state index contributed by atoms with van der Waals surface area (Å²) in [4.78, 5) is 13.9. The number of piperazine rings is 1. The van der Waals surface area contributed by atoms with E-state index in [-0.39, 0.29) is 5.97 Å². The molecule has 2 rings (SSSR count). The molecule has 0 spiro atoms. The number of benzene rings is 1. The van der Waals surface area contributed by atoms with Gasteiger partial charge in [-0.1, -0.05) is 19.9 Å². The average molecular weight is 276 g/mol. The molecule has 0 bridgehead atoms. The van der Waals surface area contributed by atoms with Crippen molar-refractivity contribution in [2.45, 2.75) is 26.3 Å². The Labute approximate surface area is 121 Å². The highest BCUT2D eigenvalue weighted by Crippen LogP contribution is 2.20. The number of hydrogen-bond acceptors (Lipinski definition) is 4. The van der Waals surface area contributed by atoms with E-state index >= 15 is 0 Å². The summed E-state index contributed by atoms with van der Waals surface area (Å²) >= 11 is 0. The second-order valence-electron chi connectivity index (χ2n) is 5.77. The van der Waals surface area contributed by atoms with Gasteiger partial charge in [0.2, 0.25) is 0 Å². The van der Waals surface area contributed by atoms with Gasteiger partial charge in [-0.25, -0.2) is 4.79 Å². The molecule has 1 fully saturated rings. The van der Waals surface area contributed by atoms with Crippen LogP contribution in [-0.4, -0.2) is 38.8 Å². The van der Waals surface area contributed by atoms with Gasteiger partial charge in [-0.05, 0) is 30.5 Å². The van der Waals surface area contributed by atoms with Crippen molar-refractivity contribution in [1.82, 2.24) is 5.32 Å². The summed E-state index contributed by atoms with van der Waals surface area (Å²) in [6.45, 7) is 7.44. The smallest absolute Gasteiger partial charge is 0.337 e. The summed E-state index contributed by atoms with van der Waals surface area (Å²) in [6, 6.07) is 8.21. The van der Waals surface area contributed by atoms with Gasteiger partial charge < -0.3 is 15.0 Å². The second kappa shape index (κ2) is 6.75. The topological polar surface area (TPSA) is 41.6 Å². The molecule has 1 unspecified atom stereocenters. The van der Waals surface area contributed by atoms with Gasteiger partial charge in [-0.3, -0.25) is 0 Å². The number of carbonyl (C=O) groups excluding carboxylic acids is 1. The third kappa shape index (κ3) is 3.73. The van der Waals surface area contributed by atoms with E-state index in [2.05, 4.69) is 30.1 Å². The molecule has 1 aromatic rings. The Kier molecular flexibility index (Phi) is 5.01. The lowest BCUT2D eigenvalue weighted by Crippen LogP contribution is -2.51. The summed E-state index contributed by atoms with van der Waals surface area (Å²) in [5.74, 6) is 0.412. The monoisotopic (exact) mass is 276 g/mol. The zero-order chi connectivity index (χ0) is 14.5. The SMILES string of the molecule is COC(=O)c1cccc(N2CCNC(CC(C)C)C2)c1. The number of hydrogen-bond donors (Lipinski definition) is 1. The van der Waals surface area contributed by atoms with Crippen LogP contribution in [0.15, 0.2) is 24.3 Å². The third-order valence-electron chi connectivity index (χ3n) is 3.64. The lowest BCUT2D eigenvalue weighted by atomic mass is 10.0. The predicted molar refractivity (Wildman–Crippen MR) is 81.2 cm³/mol. The van der Waals surface area contributed by atoms with Crippen LogP contribution in [0, 0.1) is 5.92 Å². The summed E-state index contributed by atoms with van der Waals surface area (Å²) in [5, 5.41) is 3.57. The Morgan fingerprint density at radius 3 is 3.00 bits per heavy atom. The van der Waals surface area contributed by atoms with Crippen molar-refractivity contribution in [2.24, 2.45) is 5.92 Å². The third-order valence-corrected chi connectivity index (χ3v) is 3.64. The van der Waals surface area contributed by atoms with Crippen molar-refractivity contribution in [1.29, 1.82) is 0 Å². The van der Waals surface area contributed by atoms with Crippen LogP contribution < -0.4 is 10.2 Å².